The van der Waals surface area contributed by atoms with Crippen LogP contribution in [0.3, 0.4) is 0 Å². The molecule has 3 heterocycles. The van der Waals surface area contributed by atoms with E-state index in [2.05, 4.69) is 45.5 Å². The second kappa shape index (κ2) is 11.9. The number of nitrogens with zero attached hydrogens (tertiary/aromatic N) is 3. The van der Waals surface area contributed by atoms with Crippen LogP contribution < -0.4 is 5.32 Å². The average molecular weight is 562 g/mol. The molecule has 0 saturated heterocycles. The van der Waals surface area contributed by atoms with E-state index in [1.165, 1.54) is 28.7 Å². The number of nitriles is 1. The van der Waals surface area contributed by atoms with Crippen molar-refractivity contribution in [3.8, 4) is 28.6 Å². The molecule has 1 amide bonds. The van der Waals surface area contributed by atoms with E-state index in [1.54, 1.807) is 0 Å². The Morgan fingerprint density at radius 3 is 2.38 bits per heavy atom. The Morgan fingerprint density at radius 2 is 1.68 bits per heavy atom. The molecule has 0 radical (unpaired) electrons. The predicted octanol–water partition coefficient (Wildman–Crippen LogP) is 6.97. The van der Waals surface area contributed by atoms with Gasteiger partial charge in [-0.25, -0.2) is 4.98 Å². The fraction of sp³-hybridized carbons (Fsp3) is 0.156. The lowest BCUT2D eigenvalue weighted by atomic mass is 10.0. The number of rotatable bonds is 8. The van der Waals surface area contributed by atoms with Gasteiger partial charge in [-0.2, -0.15) is 5.26 Å². The maximum absolute atomic E-state index is 13.0. The van der Waals surface area contributed by atoms with E-state index in [0.29, 0.717) is 15.7 Å². The molecule has 1 aliphatic heterocycles. The minimum Gasteiger partial charge on any atom is -0.332 e. The van der Waals surface area contributed by atoms with Gasteiger partial charge in [-0.1, -0.05) is 103 Å². The molecule has 40 heavy (non-hydrogen) atoms. The van der Waals surface area contributed by atoms with E-state index in [9.17, 15) is 10.1 Å². The summed E-state index contributed by atoms with van der Waals surface area (Å²) in [6.07, 6.45) is 0.809. The summed E-state index contributed by atoms with van der Waals surface area (Å²) in [4.78, 5) is 24.8. The Hall–Kier alpha value is -4.16. The van der Waals surface area contributed by atoms with Crippen molar-refractivity contribution < 1.29 is 4.79 Å². The van der Waals surface area contributed by atoms with Gasteiger partial charge in [-0.05, 0) is 17.5 Å². The molecule has 5 aromatic rings. The van der Waals surface area contributed by atoms with Crippen LogP contribution in [-0.4, -0.2) is 33.1 Å². The van der Waals surface area contributed by atoms with Gasteiger partial charge in [0.25, 0.3) is 0 Å². The maximum atomic E-state index is 13.0. The summed E-state index contributed by atoms with van der Waals surface area (Å²) in [5, 5.41) is 14.2. The number of benzene rings is 3. The van der Waals surface area contributed by atoms with Crippen LogP contribution >= 0.6 is 23.1 Å². The molecule has 6 rings (SSSR count). The lowest BCUT2D eigenvalue weighted by molar-refractivity contribution is -0.113. The highest BCUT2D eigenvalue weighted by molar-refractivity contribution is 7.99. The van der Waals surface area contributed by atoms with E-state index in [0.717, 1.165) is 59.0 Å². The van der Waals surface area contributed by atoms with Crippen molar-refractivity contribution in [3.05, 3.63) is 113 Å². The van der Waals surface area contributed by atoms with Gasteiger partial charge in [0.15, 0.2) is 5.16 Å². The fourth-order valence-electron chi connectivity index (χ4n) is 4.97. The summed E-state index contributed by atoms with van der Waals surface area (Å²) in [6, 6.07) is 32.9. The minimum atomic E-state index is -0.153. The molecule has 0 atom stereocenters. The highest BCUT2D eigenvalue weighted by Gasteiger charge is 2.25. The van der Waals surface area contributed by atoms with E-state index in [1.807, 2.05) is 66.7 Å². The predicted molar refractivity (Wildman–Crippen MR) is 162 cm³/mol. The molecule has 0 spiro atoms. The van der Waals surface area contributed by atoms with Crippen LogP contribution in [0.25, 0.3) is 22.5 Å². The standard InChI is InChI=1S/C32H27N5OS2/c33-18-26-25-16-17-37(19-22-10-4-1-5-11-22)20-27(25)40-31(26)34-28(38)21-39-32-35-29(23-12-6-2-7-13-23)30(36-32)24-14-8-3-9-15-24/h1-15H,16-17,19-21H2,(H,34,38)(H,35,36). The van der Waals surface area contributed by atoms with Crippen molar-refractivity contribution >= 4 is 34.0 Å². The lowest BCUT2D eigenvalue weighted by Gasteiger charge is -2.26. The largest absolute Gasteiger partial charge is 0.332 e. The van der Waals surface area contributed by atoms with Crippen molar-refractivity contribution in [2.45, 2.75) is 24.7 Å². The van der Waals surface area contributed by atoms with Crippen LogP contribution in [0, 0.1) is 11.3 Å². The van der Waals surface area contributed by atoms with Crippen LogP contribution in [-0.2, 0) is 24.3 Å². The second-order valence-electron chi connectivity index (χ2n) is 9.60. The van der Waals surface area contributed by atoms with Gasteiger partial charge in [0, 0.05) is 35.6 Å². The molecular weight excluding hydrogens is 535 g/mol. The smallest absolute Gasteiger partial charge is 0.235 e. The fourth-order valence-corrected chi connectivity index (χ4v) is 6.90. The number of hydrogen-bond donors (Lipinski definition) is 2. The number of carbonyl (C=O) groups is 1. The maximum Gasteiger partial charge on any atom is 0.235 e. The summed E-state index contributed by atoms with van der Waals surface area (Å²) in [5.74, 6) is 0.0314. The number of imidazole rings is 1. The van der Waals surface area contributed by atoms with Crippen LogP contribution in [0.2, 0.25) is 0 Å². The summed E-state index contributed by atoms with van der Waals surface area (Å²) in [6.45, 7) is 2.55. The number of aromatic nitrogens is 2. The first-order valence-corrected chi connectivity index (χ1v) is 14.9. The lowest BCUT2D eigenvalue weighted by Crippen LogP contribution is -2.29. The molecular formula is C32H27N5OS2. The van der Waals surface area contributed by atoms with Gasteiger partial charge < -0.3 is 10.3 Å². The molecule has 0 aliphatic carbocycles. The third-order valence-electron chi connectivity index (χ3n) is 6.88. The minimum absolute atomic E-state index is 0.153. The molecule has 1 aliphatic rings. The van der Waals surface area contributed by atoms with E-state index < -0.39 is 0 Å². The average Bonchev–Trinajstić information content (AvgIpc) is 3.58. The SMILES string of the molecule is N#Cc1c(NC(=O)CSc2nc(-c3ccccc3)c(-c3ccccc3)[nH]2)sc2c1CCN(Cc1ccccc1)C2. The molecule has 8 heteroatoms. The number of aromatic amines is 1. The summed E-state index contributed by atoms with van der Waals surface area (Å²) in [7, 11) is 0. The summed E-state index contributed by atoms with van der Waals surface area (Å²) >= 11 is 2.88. The van der Waals surface area contributed by atoms with Crippen molar-refractivity contribution in [2.24, 2.45) is 0 Å². The zero-order valence-corrected chi connectivity index (χ0v) is 23.4. The Bertz CT molecular complexity index is 1600. The van der Waals surface area contributed by atoms with Crippen LogP contribution in [0.5, 0.6) is 0 Å². The normalized spacial score (nSPS) is 13.0. The van der Waals surface area contributed by atoms with Crippen molar-refractivity contribution in [3.63, 3.8) is 0 Å². The molecule has 3 aromatic carbocycles. The topological polar surface area (TPSA) is 84.8 Å². The Labute approximate surface area is 241 Å². The van der Waals surface area contributed by atoms with Gasteiger partial charge >= 0.3 is 0 Å². The van der Waals surface area contributed by atoms with Crippen molar-refractivity contribution in [1.29, 1.82) is 5.26 Å². The molecule has 0 fully saturated rings. The first-order chi connectivity index (χ1) is 19.7. The summed E-state index contributed by atoms with van der Waals surface area (Å²) < 4.78 is 0. The molecule has 2 aromatic heterocycles. The first kappa shape index (κ1) is 26.1. The van der Waals surface area contributed by atoms with Crippen molar-refractivity contribution in [1.82, 2.24) is 14.9 Å². The number of hydrogen-bond acceptors (Lipinski definition) is 6. The number of amides is 1. The number of nitrogens with one attached hydrogen (secondary N) is 2. The van der Waals surface area contributed by atoms with Gasteiger partial charge in [-0.15, -0.1) is 11.3 Å². The highest BCUT2D eigenvalue weighted by atomic mass is 32.2. The van der Waals surface area contributed by atoms with Gasteiger partial charge in [0.05, 0.1) is 22.7 Å². The van der Waals surface area contributed by atoms with Gasteiger partial charge in [0.1, 0.15) is 11.1 Å². The number of carbonyl (C=O) groups excluding carboxylic acids is 1. The Kier molecular flexibility index (Phi) is 7.78. The second-order valence-corrected chi connectivity index (χ2v) is 11.7. The number of fused-ring (bicyclic) bond motifs is 1. The molecule has 198 valence electrons. The van der Waals surface area contributed by atoms with Crippen LogP contribution in [0.4, 0.5) is 5.00 Å². The number of thioether (sulfide) groups is 1. The molecule has 0 saturated carbocycles. The highest BCUT2D eigenvalue weighted by Crippen LogP contribution is 2.37. The Balaban J connectivity index is 1.15. The van der Waals surface area contributed by atoms with Crippen molar-refractivity contribution in [2.75, 3.05) is 17.6 Å². The monoisotopic (exact) mass is 561 g/mol. The summed E-state index contributed by atoms with van der Waals surface area (Å²) in [5.41, 5.74) is 6.78. The van der Waals surface area contributed by atoms with Crippen LogP contribution in [0.15, 0.2) is 96.2 Å². The number of H-pyrrole nitrogens is 1. The van der Waals surface area contributed by atoms with E-state index in [4.69, 9.17) is 4.98 Å². The first-order valence-electron chi connectivity index (χ1n) is 13.1. The molecule has 0 unspecified atom stereocenters. The molecule has 0 bridgehead atoms. The van der Waals surface area contributed by atoms with Gasteiger partial charge in [0.2, 0.25) is 5.91 Å². The number of anilines is 1. The van der Waals surface area contributed by atoms with Gasteiger partial charge in [-0.3, -0.25) is 9.69 Å². The zero-order chi connectivity index (χ0) is 27.3. The van der Waals surface area contributed by atoms with E-state index in [-0.39, 0.29) is 11.7 Å². The molecule has 6 nitrogen and oxygen atoms in total. The Morgan fingerprint density at radius 1 is 1.00 bits per heavy atom. The third kappa shape index (κ3) is 5.73. The quantitative estimate of drug-likeness (QED) is 0.200. The third-order valence-corrected chi connectivity index (χ3v) is 8.89. The zero-order valence-electron chi connectivity index (χ0n) is 21.8. The van der Waals surface area contributed by atoms with Crippen LogP contribution in [0.1, 0.15) is 21.6 Å². The van der Waals surface area contributed by atoms with E-state index >= 15 is 0 Å². The molecule has 2 N–H and O–H groups in total. The number of thiophene rings is 1.